The Morgan fingerprint density at radius 3 is 3.33 bits per heavy atom. The summed E-state index contributed by atoms with van der Waals surface area (Å²) in [6.45, 7) is 0.256. The van der Waals surface area contributed by atoms with Crippen LogP contribution in [-0.2, 0) is 13.5 Å². The van der Waals surface area contributed by atoms with Crippen LogP contribution < -0.4 is 0 Å². The van der Waals surface area contributed by atoms with Gasteiger partial charge in [-0.2, -0.15) is 0 Å². The van der Waals surface area contributed by atoms with Crippen molar-refractivity contribution in [1.82, 2.24) is 9.55 Å². The molecule has 3 heteroatoms. The molecule has 1 aliphatic carbocycles. The Balaban J connectivity index is 2.41. The Hall–Kier alpha value is -0.830. The van der Waals surface area contributed by atoms with Crippen LogP contribution in [0.15, 0.2) is 6.33 Å². The Morgan fingerprint density at radius 2 is 2.58 bits per heavy atom. The van der Waals surface area contributed by atoms with Crippen LogP contribution in [0.2, 0.25) is 0 Å². The molecule has 12 heavy (non-hydrogen) atoms. The molecule has 1 heterocycles. The van der Waals surface area contributed by atoms with Crippen molar-refractivity contribution in [2.24, 2.45) is 7.05 Å². The third kappa shape index (κ3) is 1.05. The number of imidazole rings is 1. The molecule has 0 saturated carbocycles. The van der Waals surface area contributed by atoms with Crippen molar-refractivity contribution in [1.29, 1.82) is 0 Å². The average Bonchev–Trinajstić information content (AvgIpc) is 2.48. The lowest BCUT2D eigenvalue weighted by Crippen LogP contribution is -2.15. The van der Waals surface area contributed by atoms with Crippen LogP contribution in [0.4, 0.5) is 0 Å². The van der Waals surface area contributed by atoms with E-state index in [0.717, 1.165) is 19.3 Å². The summed E-state index contributed by atoms with van der Waals surface area (Å²) in [4.78, 5) is 4.31. The molecule has 0 saturated heterocycles. The van der Waals surface area contributed by atoms with Crippen molar-refractivity contribution >= 4 is 0 Å². The number of aryl methyl sites for hydroxylation is 2. The van der Waals surface area contributed by atoms with Crippen molar-refractivity contribution in [3.63, 3.8) is 0 Å². The lowest BCUT2D eigenvalue weighted by molar-refractivity contribution is 0.248. The van der Waals surface area contributed by atoms with Crippen LogP contribution in [0.25, 0.3) is 0 Å². The van der Waals surface area contributed by atoms with E-state index in [1.165, 1.54) is 11.4 Å². The van der Waals surface area contributed by atoms with E-state index in [4.69, 9.17) is 5.11 Å². The number of aliphatic hydroxyl groups is 1. The van der Waals surface area contributed by atoms with Crippen molar-refractivity contribution < 1.29 is 5.11 Å². The summed E-state index contributed by atoms with van der Waals surface area (Å²) >= 11 is 0. The molecule has 0 aromatic carbocycles. The van der Waals surface area contributed by atoms with Crippen LogP contribution >= 0.6 is 0 Å². The fourth-order valence-corrected chi connectivity index (χ4v) is 2.03. The Labute approximate surface area is 72.0 Å². The minimum atomic E-state index is 0.256. The van der Waals surface area contributed by atoms with Gasteiger partial charge in [0.05, 0.1) is 18.6 Å². The molecule has 0 bridgehead atoms. The van der Waals surface area contributed by atoms with Gasteiger partial charge in [0.1, 0.15) is 0 Å². The standard InChI is InChI=1S/C9H14N2O/c1-11-6-10-8-4-2-3-7(5-12)9(8)11/h6-7,12H,2-5H2,1H3. The molecule has 1 N–H and O–H groups in total. The molecule has 1 atom stereocenters. The fourth-order valence-electron chi connectivity index (χ4n) is 2.03. The summed E-state index contributed by atoms with van der Waals surface area (Å²) < 4.78 is 2.04. The Bertz CT molecular complexity index is 280. The fraction of sp³-hybridized carbons (Fsp3) is 0.667. The maximum absolute atomic E-state index is 9.14. The highest BCUT2D eigenvalue weighted by Crippen LogP contribution is 2.29. The van der Waals surface area contributed by atoms with E-state index in [0.29, 0.717) is 5.92 Å². The zero-order valence-electron chi connectivity index (χ0n) is 7.32. The molecule has 66 valence electrons. The zero-order chi connectivity index (χ0) is 8.55. The number of aliphatic hydroxyl groups excluding tert-OH is 1. The van der Waals surface area contributed by atoms with Gasteiger partial charge in [-0.25, -0.2) is 4.98 Å². The highest BCUT2D eigenvalue weighted by Gasteiger charge is 2.22. The zero-order valence-corrected chi connectivity index (χ0v) is 7.32. The molecule has 0 aliphatic heterocycles. The molecule has 3 nitrogen and oxygen atoms in total. The summed E-state index contributed by atoms with van der Waals surface area (Å²) in [6.07, 6.45) is 5.18. The van der Waals surface area contributed by atoms with E-state index in [-0.39, 0.29) is 6.61 Å². The predicted octanol–water partition coefficient (Wildman–Crippen LogP) is 0.832. The summed E-state index contributed by atoms with van der Waals surface area (Å²) in [5, 5.41) is 9.14. The normalized spacial score (nSPS) is 22.3. The Morgan fingerprint density at radius 1 is 1.75 bits per heavy atom. The molecule has 1 aromatic rings. The van der Waals surface area contributed by atoms with Crippen LogP contribution in [0.5, 0.6) is 0 Å². The maximum atomic E-state index is 9.14. The van der Waals surface area contributed by atoms with Gasteiger partial charge in [0.25, 0.3) is 0 Å². The summed E-state index contributed by atoms with van der Waals surface area (Å²) in [5.74, 6) is 0.321. The number of fused-ring (bicyclic) bond motifs is 1. The van der Waals surface area contributed by atoms with Crippen LogP contribution in [0, 0.1) is 0 Å². The topological polar surface area (TPSA) is 38.0 Å². The monoisotopic (exact) mass is 166 g/mol. The van der Waals surface area contributed by atoms with Gasteiger partial charge in [0, 0.05) is 18.7 Å². The number of rotatable bonds is 1. The van der Waals surface area contributed by atoms with Crippen LogP contribution in [-0.4, -0.2) is 21.3 Å². The van der Waals surface area contributed by atoms with E-state index in [1.54, 1.807) is 0 Å². The highest BCUT2D eigenvalue weighted by molar-refractivity contribution is 5.21. The lowest BCUT2D eigenvalue weighted by Gasteiger charge is -2.20. The number of hydrogen-bond acceptors (Lipinski definition) is 2. The summed E-state index contributed by atoms with van der Waals surface area (Å²) in [7, 11) is 2.00. The van der Waals surface area contributed by atoms with Crippen LogP contribution in [0.1, 0.15) is 30.1 Å². The summed E-state index contributed by atoms with van der Waals surface area (Å²) in [6, 6.07) is 0. The van der Waals surface area contributed by atoms with E-state index >= 15 is 0 Å². The molecule has 0 spiro atoms. The third-order valence-electron chi connectivity index (χ3n) is 2.64. The van der Waals surface area contributed by atoms with Crippen molar-refractivity contribution in [3.8, 4) is 0 Å². The molecule has 1 unspecified atom stereocenters. The van der Waals surface area contributed by atoms with Gasteiger partial charge in [0.15, 0.2) is 0 Å². The molecule has 1 aliphatic rings. The van der Waals surface area contributed by atoms with E-state index < -0.39 is 0 Å². The van der Waals surface area contributed by atoms with Crippen LogP contribution in [0.3, 0.4) is 0 Å². The Kier molecular flexibility index (Phi) is 1.89. The second-order valence-corrected chi connectivity index (χ2v) is 3.46. The van der Waals surface area contributed by atoms with E-state index in [2.05, 4.69) is 4.98 Å². The molecular weight excluding hydrogens is 152 g/mol. The molecule has 0 fully saturated rings. The predicted molar refractivity (Wildman–Crippen MR) is 46.0 cm³/mol. The van der Waals surface area contributed by atoms with Gasteiger partial charge in [-0.05, 0) is 19.3 Å². The average molecular weight is 166 g/mol. The second-order valence-electron chi connectivity index (χ2n) is 3.46. The first-order valence-corrected chi connectivity index (χ1v) is 4.44. The van der Waals surface area contributed by atoms with E-state index in [1.807, 2.05) is 17.9 Å². The SMILES string of the molecule is Cn1cnc2c1C(CO)CCC2. The first-order valence-electron chi connectivity index (χ1n) is 4.44. The van der Waals surface area contributed by atoms with Gasteiger partial charge in [-0.15, -0.1) is 0 Å². The minimum absolute atomic E-state index is 0.256. The van der Waals surface area contributed by atoms with Gasteiger partial charge in [-0.1, -0.05) is 0 Å². The lowest BCUT2D eigenvalue weighted by atomic mass is 9.90. The molecular formula is C9H14N2O. The van der Waals surface area contributed by atoms with Gasteiger partial charge in [0.2, 0.25) is 0 Å². The van der Waals surface area contributed by atoms with Gasteiger partial charge in [-0.3, -0.25) is 0 Å². The largest absolute Gasteiger partial charge is 0.396 e. The van der Waals surface area contributed by atoms with Crippen molar-refractivity contribution in [2.45, 2.75) is 25.2 Å². The smallest absolute Gasteiger partial charge is 0.0949 e. The molecule has 0 amide bonds. The summed E-state index contributed by atoms with van der Waals surface area (Å²) in [5.41, 5.74) is 2.42. The van der Waals surface area contributed by atoms with Gasteiger partial charge >= 0.3 is 0 Å². The first-order chi connectivity index (χ1) is 5.83. The number of nitrogens with zero attached hydrogens (tertiary/aromatic N) is 2. The van der Waals surface area contributed by atoms with Gasteiger partial charge < -0.3 is 9.67 Å². The molecule has 1 aromatic heterocycles. The third-order valence-corrected chi connectivity index (χ3v) is 2.64. The molecule has 2 rings (SSSR count). The van der Waals surface area contributed by atoms with Crippen molar-refractivity contribution in [2.75, 3.05) is 6.61 Å². The minimum Gasteiger partial charge on any atom is -0.396 e. The van der Waals surface area contributed by atoms with E-state index in [9.17, 15) is 0 Å². The first kappa shape index (κ1) is 7.80. The second kappa shape index (κ2) is 2.90. The maximum Gasteiger partial charge on any atom is 0.0949 e. The number of aromatic nitrogens is 2. The highest BCUT2D eigenvalue weighted by atomic mass is 16.3. The number of hydrogen-bond donors (Lipinski definition) is 1. The molecule has 0 radical (unpaired) electrons. The quantitative estimate of drug-likeness (QED) is 0.671. The van der Waals surface area contributed by atoms with Crippen molar-refractivity contribution in [3.05, 3.63) is 17.7 Å².